The third kappa shape index (κ3) is 2.83. The summed E-state index contributed by atoms with van der Waals surface area (Å²) in [6.45, 7) is 4.74. The molecule has 1 fully saturated rings. The number of rotatable bonds is 3. The van der Waals surface area contributed by atoms with Gasteiger partial charge in [0.05, 0.1) is 19.0 Å². The smallest absolute Gasteiger partial charge is 0.337 e. The predicted molar refractivity (Wildman–Crippen MR) is 98.5 cm³/mol. The lowest BCUT2D eigenvalue weighted by Crippen LogP contribution is -2.52. The van der Waals surface area contributed by atoms with Gasteiger partial charge in [-0.3, -0.25) is 0 Å². The first kappa shape index (κ1) is 16.3. The van der Waals surface area contributed by atoms with Crippen LogP contribution in [0.4, 0.5) is 11.5 Å². The van der Waals surface area contributed by atoms with Crippen LogP contribution < -0.4 is 9.80 Å². The maximum atomic E-state index is 11.6. The molecule has 26 heavy (non-hydrogen) atoms. The van der Waals surface area contributed by atoms with Crippen LogP contribution in [0, 0.1) is 0 Å². The van der Waals surface area contributed by atoms with Gasteiger partial charge >= 0.3 is 5.97 Å². The highest BCUT2D eigenvalue weighted by Gasteiger charge is 2.27. The molecule has 1 atom stereocenters. The number of piperazine rings is 1. The van der Waals surface area contributed by atoms with Crippen molar-refractivity contribution in [3.8, 4) is 0 Å². The summed E-state index contributed by atoms with van der Waals surface area (Å²) in [6, 6.07) is 7.80. The molecule has 1 saturated heterocycles. The highest BCUT2D eigenvalue weighted by Crippen LogP contribution is 2.26. The molecule has 0 aliphatic carbocycles. The van der Waals surface area contributed by atoms with Gasteiger partial charge in [0.15, 0.2) is 11.5 Å². The molecule has 134 valence electrons. The lowest BCUT2D eigenvalue weighted by Gasteiger charge is -2.41. The molecule has 1 aliphatic rings. The SMILES string of the molecule is COC(=O)c1ccc(N2CCN(c3ncnc4nc[nH]c34)C(C)C2)cc1. The zero-order valence-electron chi connectivity index (χ0n) is 14.7. The number of nitrogens with zero attached hydrogens (tertiary/aromatic N) is 5. The normalized spacial score (nSPS) is 17.5. The van der Waals surface area contributed by atoms with Gasteiger partial charge in [0.25, 0.3) is 0 Å². The zero-order chi connectivity index (χ0) is 18.1. The minimum absolute atomic E-state index is 0.269. The minimum Gasteiger partial charge on any atom is -0.465 e. The highest BCUT2D eigenvalue weighted by atomic mass is 16.5. The van der Waals surface area contributed by atoms with Crippen molar-refractivity contribution in [3.05, 3.63) is 42.5 Å². The fourth-order valence-electron chi connectivity index (χ4n) is 3.40. The number of methoxy groups -OCH3 is 1. The number of carbonyl (C=O) groups excluding carboxylic acids is 1. The molecule has 0 bridgehead atoms. The quantitative estimate of drug-likeness (QED) is 0.720. The number of esters is 1. The molecule has 1 aliphatic heterocycles. The lowest BCUT2D eigenvalue weighted by atomic mass is 10.1. The number of aromatic nitrogens is 4. The van der Waals surface area contributed by atoms with Gasteiger partial charge in [-0.05, 0) is 31.2 Å². The Morgan fingerprint density at radius 3 is 2.73 bits per heavy atom. The van der Waals surface area contributed by atoms with E-state index in [9.17, 15) is 4.79 Å². The van der Waals surface area contributed by atoms with Crippen molar-refractivity contribution >= 4 is 28.6 Å². The number of anilines is 2. The second-order valence-corrected chi connectivity index (χ2v) is 6.33. The molecule has 4 rings (SSSR count). The molecule has 3 aromatic rings. The molecular weight excluding hydrogens is 332 g/mol. The standard InChI is InChI=1S/C18H20N6O2/c1-12-9-23(14-5-3-13(4-6-14)18(25)26-2)7-8-24(12)17-15-16(20-10-19-15)21-11-22-17/h3-6,10-12H,7-9H2,1-2H3,(H,19,20,21,22). The minimum atomic E-state index is -0.318. The molecule has 1 N–H and O–H groups in total. The maximum absolute atomic E-state index is 11.6. The largest absolute Gasteiger partial charge is 0.465 e. The number of carbonyl (C=O) groups is 1. The van der Waals surface area contributed by atoms with E-state index >= 15 is 0 Å². The Morgan fingerprint density at radius 2 is 2.00 bits per heavy atom. The van der Waals surface area contributed by atoms with Crippen LogP contribution in [-0.4, -0.2) is 58.7 Å². The third-order valence-corrected chi connectivity index (χ3v) is 4.76. The second-order valence-electron chi connectivity index (χ2n) is 6.33. The Bertz CT molecular complexity index is 923. The van der Waals surface area contributed by atoms with Crippen molar-refractivity contribution in [2.75, 3.05) is 36.5 Å². The van der Waals surface area contributed by atoms with Crippen LogP contribution in [0.1, 0.15) is 17.3 Å². The molecule has 0 radical (unpaired) electrons. The highest BCUT2D eigenvalue weighted by molar-refractivity contribution is 5.89. The number of H-pyrrole nitrogens is 1. The van der Waals surface area contributed by atoms with E-state index in [1.807, 2.05) is 12.1 Å². The summed E-state index contributed by atoms with van der Waals surface area (Å²) in [7, 11) is 1.39. The zero-order valence-corrected chi connectivity index (χ0v) is 14.7. The van der Waals surface area contributed by atoms with Crippen LogP contribution in [0.25, 0.3) is 11.2 Å². The van der Waals surface area contributed by atoms with Gasteiger partial charge in [-0.25, -0.2) is 19.7 Å². The van der Waals surface area contributed by atoms with Crippen LogP contribution in [0.15, 0.2) is 36.9 Å². The molecule has 1 unspecified atom stereocenters. The Hall–Kier alpha value is -3.16. The Kier molecular flexibility index (Phi) is 4.16. The second kappa shape index (κ2) is 6.62. The van der Waals surface area contributed by atoms with Gasteiger partial charge in [-0.15, -0.1) is 0 Å². The van der Waals surface area contributed by atoms with E-state index in [0.717, 1.165) is 36.7 Å². The van der Waals surface area contributed by atoms with Crippen LogP contribution in [0.3, 0.4) is 0 Å². The molecule has 1 aromatic carbocycles. The maximum Gasteiger partial charge on any atom is 0.337 e. The first-order valence-corrected chi connectivity index (χ1v) is 8.51. The number of hydrogen-bond acceptors (Lipinski definition) is 7. The lowest BCUT2D eigenvalue weighted by molar-refractivity contribution is 0.0601. The van der Waals surface area contributed by atoms with Crippen molar-refractivity contribution in [3.63, 3.8) is 0 Å². The topological polar surface area (TPSA) is 87.2 Å². The van der Waals surface area contributed by atoms with Crippen molar-refractivity contribution in [1.82, 2.24) is 19.9 Å². The molecule has 2 aromatic heterocycles. The first-order valence-electron chi connectivity index (χ1n) is 8.51. The molecule has 0 spiro atoms. The van der Waals surface area contributed by atoms with Gasteiger partial charge in [-0.1, -0.05) is 0 Å². The van der Waals surface area contributed by atoms with E-state index in [1.54, 1.807) is 24.8 Å². The summed E-state index contributed by atoms with van der Waals surface area (Å²) in [5, 5.41) is 0. The summed E-state index contributed by atoms with van der Waals surface area (Å²) in [5.74, 6) is 0.572. The number of benzene rings is 1. The van der Waals surface area contributed by atoms with Gasteiger partial charge in [0.2, 0.25) is 0 Å². The first-order chi connectivity index (χ1) is 12.7. The van der Waals surface area contributed by atoms with E-state index in [1.165, 1.54) is 7.11 Å². The number of fused-ring (bicyclic) bond motifs is 1. The van der Waals surface area contributed by atoms with Gasteiger partial charge in [0.1, 0.15) is 11.8 Å². The van der Waals surface area contributed by atoms with Crippen LogP contribution in [0.2, 0.25) is 0 Å². The Balaban J connectivity index is 1.52. The summed E-state index contributed by atoms with van der Waals surface area (Å²) in [6.07, 6.45) is 3.20. The summed E-state index contributed by atoms with van der Waals surface area (Å²) in [4.78, 5) is 32.2. The summed E-state index contributed by atoms with van der Waals surface area (Å²) in [5.41, 5.74) is 3.21. The fraction of sp³-hybridized carbons (Fsp3) is 0.333. The molecule has 0 amide bonds. The van der Waals surface area contributed by atoms with Crippen molar-refractivity contribution in [2.24, 2.45) is 0 Å². The van der Waals surface area contributed by atoms with Crippen molar-refractivity contribution in [2.45, 2.75) is 13.0 Å². The van der Waals surface area contributed by atoms with Crippen LogP contribution in [-0.2, 0) is 4.74 Å². The van der Waals surface area contributed by atoms with Crippen molar-refractivity contribution < 1.29 is 9.53 Å². The summed E-state index contributed by atoms with van der Waals surface area (Å²) >= 11 is 0. The van der Waals surface area contributed by atoms with E-state index < -0.39 is 0 Å². The van der Waals surface area contributed by atoms with Crippen LogP contribution >= 0.6 is 0 Å². The number of imidazole rings is 1. The summed E-state index contributed by atoms with van der Waals surface area (Å²) < 4.78 is 4.75. The molecule has 0 saturated carbocycles. The van der Waals surface area contributed by atoms with E-state index in [-0.39, 0.29) is 12.0 Å². The number of nitrogens with one attached hydrogen (secondary N) is 1. The third-order valence-electron chi connectivity index (χ3n) is 4.76. The number of hydrogen-bond donors (Lipinski definition) is 1. The van der Waals surface area contributed by atoms with E-state index in [0.29, 0.717) is 11.2 Å². The Labute approximate surface area is 150 Å². The molecule has 3 heterocycles. The molecular formula is C18H20N6O2. The van der Waals surface area contributed by atoms with E-state index in [2.05, 4.69) is 36.7 Å². The average Bonchev–Trinajstić information content (AvgIpc) is 3.16. The van der Waals surface area contributed by atoms with Crippen molar-refractivity contribution in [1.29, 1.82) is 0 Å². The van der Waals surface area contributed by atoms with Crippen LogP contribution in [0.5, 0.6) is 0 Å². The average molecular weight is 352 g/mol. The number of ether oxygens (including phenoxy) is 1. The van der Waals surface area contributed by atoms with Gasteiger partial charge in [0, 0.05) is 31.4 Å². The number of aromatic amines is 1. The van der Waals surface area contributed by atoms with Gasteiger partial charge < -0.3 is 19.5 Å². The molecule has 8 nitrogen and oxygen atoms in total. The Morgan fingerprint density at radius 1 is 1.19 bits per heavy atom. The van der Waals surface area contributed by atoms with E-state index in [4.69, 9.17) is 4.74 Å². The molecule has 8 heteroatoms. The predicted octanol–water partition coefficient (Wildman–Crippen LogP) is 1.85. The fourth-order valence-corrected chi connectivity index (χ4v) is 3.40. The van der Waals surface area contributed by atoms with Gasteiger partial charge in [-0.2, -0.15) is 0 Å². The monoisotopic (exact) mass is 352 g/mol.